The van der Waals surface area contributed by atoms with Gasteiger partial charge in [-0.25, -0.2) is 4.79 Å². The summed E-state index contributed by atoms with van der Waals surface area (Å²) in [4.78, 5) is 16.6. The Hall–Kier alpha value is -4.64. The molecule has 0 saturated heterocycles. The van der Waals surface area contributed by atoms with Gasteiger partial charge in [0.2, 0.25) is 0 Å². The molecule has 166 valence electrons. The molecule has 0 aromatic heterocycles. The summed E-state index contributed by atoms with van der Waals surface area (Å²) in [7, 11) is 0. The van der Waals surface area contributed by atoms with Crippen LogP contribution in [0.15, 0.2) is 114 Å². The molecule has 0 saturated carbocycles. The maximum Gasteiger partial charge on any atom is 0.336 e. The topological polar surface area (TPSA) is 73.9 Å². The van der Waals surface area contributed by atoms with Crippen LogP contribution in [0.4, 0.5) is 0 Å². The molecule has 1 aliphatic heterocycles. The van der Waals surface area contributed by atoms with Crippen LogP contribution in [0.2, 0.25) is 0 Å². The molecule has 0 spiro atoms. The molecule has 0 radical (unpaired) electrons. The molecular weight excluding hydrogens is 424 g/mol. The van der Waals surface area contributed by atoms with Crippen molar-refractivity contribution in [3.63, 3.8) is 0 Å². The first kappa shape index (κ1) is 21.2. The molecule has 0 bridgehead atoms. The lowest BCUT2D eigenvalue weighted by molar-refractivity contribution is -0.128. The summed E-state index contributed by atoms with van der Waals surface area (Å²) in [5.74, 6) is 0.00204. The summed E-state index contributed by atoms with van der Waals surface area (Å²) in [5, 5.41) is 2.23. The van der Waals surface area contributed by atoms with Crippen molar-refractivity contribution in [2.45, 2.75) is 6.10 Å². The van der Waals surface area contributed by atoms with Crippen LogP contribution in [0, 0.1) is 0 Å². The van der Waals surface area contributed by atoms with Gasteiger partial charge in [0.25, 0.3) is 6.02 Å². The lowest BCUT2D eigenvalue weighted by atomic mass is 9.99. The SMILES string of the molecule is NC1=NC(c2cccc3ccccc23)=CC(c2ccc(OC(=O)/C=C\c3ccccc3)cc2)O1. The first-order valence-corrected chi connectivity index (χ1v) is 10.9. The van der Waals surface area contributed by atoms with E-state index in [1.54, 1.807) is 18.2 Å². The third-order valence-corrected chi connectivity index (χ3v) is 5.49. The molecular formula is C29H22N2O3. The average molecular weight is 447 g/mol. The quantitative estimate of drug-likeness (QED) is 0.236. The summed E-state index contributed by atoms with van der Waals surface area (Å²) >= 11 is 0. The molecule has 0 amide bonds. The number of ether oxygens (including phenoxy) is 2. The van der Waals surface area contributed by atoms with E-state index in [0.29, 0.717) is 5.75 Å². The number of carbonyl (C=O) groups excluding carboxylic acids is 1. The van der Waals surface area contributed by atoms with Crippen LogP contribution in [-0.2, 0) is 9.53 Å². The van der Waals surface area contributed by atoms with E-state index < -0.39 is 12.1 Å². The number of fused-ring (bicyclic) bond motifs is 1. The molecule has 1 unspecified atom stereocenters. The van der Waals surface area contributed by atoms with Crippen molar-refractivity contribution >= 4 is 34.5 Å². The normalized spacial score (nSPS) is 15.5. The van der Waals surface area contributed by atoms with Crippen LogP contribution < -0.4 is 10.5 Å². The fourth-order valence-corrected chi connectivity index (χ4v) is 3.86. The zero-order valence-corrected chi connectivity index (χ0v) is 18.3. The predicted octanol–water partition coefficient (Wildman–Crippen LogP) is 5.89. The van der Waals surface area contributed by atoms with E-state index in [0.717, 1.165) is 33.2 Å². The Bertz CT molecular complexity index is 1420. The minimum atomic E-state index is -0.444. The fraction of sp³-hybridized carbons (Fsp3) is 0.0345. The van der Waals surface area contributed by atoms with Gasteiger partial charge < -0.3 is 15.2 Å². The molecule has 0 fully saturated rings. The van der Waals surface area contributed by atoms with E-state index in [4.69, 9.17) is 15.2 Å². The molecule has 5 rings (SSSR count). The number of benzene rings is 4. The fourth-order valence-electron chi connectivity index (χ4n) is 3.86. The largest absolute Gasteiger partial charge is 0.453 e. The maximum atomic E-state index is 12.1. The molecule has 1 heterocycles. The van der Waals surface area contributed by atoms with Gasteiger partial charge in [-0.2, -0.15) is 4.99 Å². The number of aliphatic imine (C=N–C) groups is 1. The second-order valence-electron chi connectivity index (χ2n) is 7.80. The predicted molar refractivity (Wildman–Crippen MR) is 135 cm³/mol. The minimum Gasteiger partial charge on any atom is -0.453 e. The number of carbonyl (C=O) groups is 1. The van der Waals surface area contributed by atoms with E-state index in [2.05, 4.69) is 23.2 Å². The molecule has 5 nitrogen and oxygen atoms in total. The Morgan fingerprint density at radius 2 is 1.62 bits per heavy atom. The first-order valence-electron chi connectivity index (χ1n) is 10.9. The van der Waals surface area contributed by atoms with Crippen LogP contribution in [0.5, 0.6) is 5.75 Å². The maximum absolute atomic E-state index is 12.1. The lowest BCUT2D eigenvalue weighted by Crippen LogP contribution is -2.22. The second kappa shape index (κ2) is 9.46. The third kappa shape index (κ3) is 4.74. The highest BCUT2D eigenvalue weighted by atomic mass is 16.5. The van der Waals surface area contributed by atoms with E-state index in [1.807, 2.05) is 72.8 Å². The van der Waals surface area contributed by atoms with Crippen molar-refractivity contribution in [3.05, 3.63) is 126 Å². The molecule has 2 N–H and O–H groups in total. The summed E-state index contributed by atoms with van der Waals surface area (Å²) in [6.45, 7) is 0. The Morgan fingerprint density at radius 3 is 2.44 bits per heavy atom. The molecule has 4 aromatic carbocycles. The lowest BCUT2D eigenvalue weighted by Gasteiger charge is -2.21. The average Bonchev–Trinajstić information content (AvgIpc) is 2.88. The number of nitrogens with zero attached hydrogens (tertiary/aromatic N) is 1. The molecule has 1 atom stereocenters. The van der Waals surface area contributed by atoms with Crippen molar-refractivity contribution < 1.29 is 14.3 Å². The molecule has 34 heavy (non-hydrogen) atoms. The zero-order chi connectivity index (χ0) is 23.3. The standard InChI is InChI=1S/C29H22N2O3/c30-29-31-26(25-12-6-10-21-9-4-5-11-24(21)25)19-27(34-29)22-14-16-23(17-15-22)33-28(32)18-13-20-7-2-1-3-8-20/h1-19,27H,(H2,30,31)/b18-13-. The number of esters is 1. The van der Waals surface area contributed by atoms with Crippen molar-refractivity contribution in [2.24, 2.45) is 10.7 Å². The highest BCUT2D eigenvalue weighted by Crippen LogP contribution is 2.33. The van der Waals surface area contributed by atoms with E-state index >= 15 is 0 Å². The third-order valence-electron chi connectivity index (χ3n) is 5.49. The first-order chi connectivity index (χ1) is 16.7. The van der Waals surface area contributed by atoms with Gasteiger partial charge in [-0.05, 0) is 46.2 Å². The molecule has 0 aliphatic carbocycles. The van der Waals surface area contributed by atoms with Crippen molar-refractivity contribution in [1.82, 2.24) is 0 Å². The molecule has 1 aliphatic rings. The van der Waals surface area contributed by atoms with Crippen LogP contribution in [-0.4, -0.2) is 12.0 Å². The number of hydrogen-bond acceptors (Lipinski definition) is 5. The molecule has 4 aromatic rings. The van der Waals surface area contributed by atoms with Crippen LogP contribution in [0.3, 0.4) is 0 Å². The Morgan fingerprint density at radius 1 is 0.882 bits per heavy atom. The number of nitrogens with two attached hydrogens (primary N) is 1. The summed E-state index contributed by atoms with van der Waals surface area (Å²) in [6, 6.07) is 31.1. The number of rotatable bonds is 5. The van der Waals surface area contributed by atoms with Gasteiger partial charge in [0.05, 0.1) is 5.70 Å². The van der Waals surface area contributed by atoms with Gasteiger partial charge in [-0.3, -0.25) is 0 Å². The van der Waals surface area contributed by atoms with E-state index in [1.165, 1.54) is 6.08 Å². The number of hydrogen-bond donors (Lipinski definition) is 1. The second-order valence-corrected chi connectivity index (χ2v) is 7.80. The summed E-state index contributed by atoms with van der Waals surface area (Å²) < 4.78 is 11.2. The number of amidine groups is 1. The summed E-state index contributed by atoms with van der Waals surface area (Å²) in [6.07, 6.45) is 4.66. The van der Waals surface area contributed by atoms with Crippen molar-refractivity contribution in [2.75, 3.05) is 0 Å². The Kier molecular flexibility index (Phi) is 5.91. The van der Waals surface area contributed by atoms with Gasteiger partial charge in [0.1, 0.15) is 11.9 Å². The smallest absolute Gasteiger partial charge is 0.336 e. The van der Waals surface area contributed by atoms with Gasteiger partial charge in [0, 0.05) is 11.6 Å². The van der Waals surface area contributed by atoms with Crippen LogP contribution in [0.1, 0.15) is 22.8 Å². The van der Waals surface area contributed by atoms with E-state index in [-0.39, 0.29) is 6.02 Å². The van der Waals surface area contributed by atoms with Crippen molar-refractivity contribution in [1.29, 1.82) is 0 Å². The van der Waals surface area contributed by atoms with Crippen molar-refractivity contribution in [3.8, 4) is 5.75 Å². The van der Waals surface area contributed by atoms with Crippen LogP contribution >= 0.6 is 0 Å². The minimum absolute atomic E-state index is 0.108. The van der Waals surface area contributed by atoms with Gasteiger partial charge in [-0.15, -0.1) is 0 Å². The van der Waals surface area contributed by atoms with Gasteiger partial charge in [0.15, 0.2) is 0 Å². The highest BCUT2D eigenvalue weighted by Gasteiger charge is 2.20. The van der Waals surface area contributed by atoms with E-state index in [9.17, 15) is 4.79 Å². The monoisotopic (exact) mass is 446 g/mol. The zero-order valence-electron chi connectivity index (χ0n) is 18.3. The Balaban J connectivity index is 1.34. The summed E-state index contributed by atoms with van der Waals surface area (Å²) in [5.41, 5.74) is 9.57. The Labute approximate surface area is 197 Å². The van der Waals surface area contributed by atoms with Gasteiger partial charge in [-0.1, -0.05) is 84.9 Å². The van der Waals surface area contributed by atoms with Gasteiger partial charge >= 0.3 is 5.97 Å². The highest BCUT2D eigenvalue weighted by molar-refractivity contribution is 5.96. The molecule has 5 heteroatoms. The van der Waals surface area contributed by atoms with Crippen LogP contribution in [0.25, 0.3) is 22.5 Å².